The molecule has 2 N–H and O–H groups in total. The van der Waals surface area contributed by atoms with Crippen LogP contribution in [0.4, 0.5) is 0 Å². The largest absolute Gasteiger partial charge is 0.453 e. The molecule has 2 aliphatic rings. The fourth-order valence-electron chi connectivity index (χ4n) is 1.71. The fourth-order valence-corrected chi connectivity index (χ4v) is 1.71. The third kappa shape index (κ3) is 1.73. The van der Waals surface area contributed by atoms with Gasteiger partial charge in [0.05, 0.1) is 12.8 Å². The van der Waals surface area contributed by atoms with E-state index >= 15 is 0 Å². The number of rotatable bonds is 1. The summed E-state index contributed by atoms with van der Waals surface area (Å²) in [6.45, 7) is 2.27. The first-order valence-electron chi connectivity index (χ1n) is 5.20. The second kappa shape index (κ2) is 3.42. The average molecular weight is 260 g/mol. The van der Waals surface area contributed by atoms with Crippen molar-refractivity contribution in [3.8, 4) is 0 Å². The lowest BCUT2D eigenvalue weighted by Gasteiger charge is -2.36. The lowest BCUT2D eigenvalue weighted by atomic mass is 9.96. The van der Waals surface area contributed by atoms with Gasteiger partial charge >= 0.3 is 23.9 Å². The monoisotopic (exact) mass is 260 g/mol. The molecule has 0 amide bonds. The Morgan fingerprint density at radius 2 is 1.50 bits per heavy atom. The molecule has 2 saturated heterocycles. The third-order valence-corrected chi connectivity index (χ3v) is 2.73. The summed E-state index contributed by atoms with van der Waals surface area (Å²) in [5.41, 5.74) is -4.30. The van der Waals surface area contributed by atoms with Crippen LogP contribution in [0.25, 0.3) is 0 Å². The molecule has 0 aromatic heterocycles. The Hall–Kier alpha value is -1.67. The van der Waals surface area contributed by atoms with Crippen LogP contribution in [0.1, 0.15) is 26.7 Å². The Morgan fingerprint density at radius 3 is 1.89 bits per heavy atom. The van der Waals surface area contributed by atoms with Crippen molar-refractivity contribution < 1.29 is 38.8 Å². The van der Waals surface area contributed by atoms with E-state index in [4.69, 9.17) is 14.2 Å². The minimum Gasteiger partial charge on any atom is -0.386 e. The van der Waals surface area contributed by atoms with Crippen molar-refractivity contribution in [2.75, 3.05) is 0 Å². The number of aliphatic hydroxyl groups is 2. The van der Waals surface area contributed by atoms with Gasteiger partial charge < -0.3 is 24.4 Å². The molecule has 0 aliphatic carbocycles. The molecule has 0 atom stereocenters. The Bertz CT molecular complexity index is 412. The molecule has 0 aromatic rings. The van der Waals surface area contributed by atoms with Gasteiger partial charge in [-0.15, -0.1) is 0 Å². The van der Waals surface area contributed by atoms with Crippen LogP contribution in [0.15, 0.2) is 0 Å². The normalized spacial score (nSPS) is 36.3. The molecule has 0 saturated carbocycles. The minimum absolute atomic E-state index is 0.737. The number of carbonyl (C=O) groups excluding carboxylic acids is 3. The predicted octanol–water partition coefficient (Wildman–Crippen LogP) is -1.42. The number of hydrogen-bond donors (Lipinski definition) is 2. The molecule has 0 aromatic carbocycles. The number of carbonyl (C=O) groups is 3. The van der Waals surface area contributed by atoms with Gasteiger partial charge in [0.15, 0.2) is 11.2 Å². The third-order valence-electron chi connectivity index (χ3n) is 2.73. The highest BCUT2D eigenvalue weighted by atomic mass is 16.9. The maximum absolute atomic E-state index is 11.7. The molecule has 2 rings (SSSR count). The zero-order valence-electron chi connectivity index (χ0n) is 9.76. The van der Waals surface area contributed by atoms with Gasteiger partial charge in [-0.05, 0) is 13.8 Å². The second-order valence-corrected chi connectivity index (χ2v) is 4.84. The van der Waals surface area contributed by atoms with Gasteiger partial charge in [-0.2, -0.15) is 0 Å². The number of ether oxygens (including phenoxy) is 3. The molecular formula is C10H12O8. The summed E-state index contributed by atoms with van der Waals surface area (Å²) >= 11 is 0. The number of fused-ring (bicyclic) bond motifs is 3. The van der Waals surface area contributed by atoms with Crippen molar-refractivity contribution in [2.45, 2.75) is 43.9 Å². The highest BCUT2D eigenvalue weighted by Crippen LogP contribution is 2.39. The predicted molar refractivity (Wildman–Crippen MR) is 51.5 cm³/mol. The summed E-state index contributed by atoms with van der Waals surface area (Å²) in [4.78, 5) is 34.7. The van der Waals surface area contributed by atoms with E-state index in [0.29, 0.717) is 0 Å². The van der Waals surface area contributed by atoms with Crippen LogP contribution < -0.4 is 0 Å². The van der Waals surface area contributed by atoms with Crippen molar-refractivity contribution in [1.29, 1.82) is 0 Å². The summed E-state index contributed by atoms with van der Waals surface area (Å²) in [7, 11) is 0. The Kier molecular flexibility index (Phi) is 2.43. The topological polar surface area (TPSA) is 119 Å². The quantitative estimate of drug-likeness (QED) is 0.551. The number of esters is 3. The van der Waals surface area contributed by atoms with E-state index in [-0.39, 0.29) is 0 Å². The summed E-state index contributed by atoms with van der Waals surface area (Å²) in [6, 6.07) is 0. The van der Waals surface area contributed by atoms with Crippen LogP contribution in [0.2, 0.25) is 0 Å². The summed E-state index contributed by atoms with van der Waals surface area (Å²) in [6.07, 6.45) is -1.47. The van der Waals surface area contributed by atoms with Crippen molar-refractivity contribution in [2.24, 2.45) is 0 Å². The van der Waals surface area contributed by atoms with Gasteiger partial charge in [-0.3, -0.25) is 9.59 Å². The van der Waals surface area contributed by atoms with Crippen LogP contribution >= 0.6 is 0 Å². The van der Waals surface area contributed by atoms with Gasteiger partial charge in [0.2, 0.25) is 0 Å². The first kappa shape index (κ1) is 12.8. The molecule has 2 heterocycles. The summed E-state index contributed by atoms with van der Waals surface area (Å²) in [5.74, 6) is -5.85. The molecule has 2 fully saturated rings. The lowest BCUT2D eigenvalue weighted by Crippen LogP contribution is -2.57. The highest BCUT2D eigenvalue weighted by molar-refractivity contribution is 5.93. The van der Waals surface area contributed by atoms with E-state index < -0.39 is 47.9 Å². The van der Waals surface area contributed by atoms with Crippen LogP contribution in [-0.2, 0) is 28.6 Å². The molecule has 8 nitrogen and oxygen atoms in total. The molecule has 2 aliphatic heterocycles. The van der Waals surface area contributed by atoms with E-state index in [1.807, 2.05) is 0 Å². The van der Waals surface area contributed by atoms with Crippen LogP contribution in [0.3, 0.4) is 0 Å². The molecule has 8 heteroatoms. The van der Waals surface area contributed by atoms with Crippen molar-refractivity contribution in [1.82, 2.24) is 0 Å². The van der Waals surface area contributed by atoms with Crippen molar-refractivity contribution in [3.63, 3.8) is 0 Å². The van der Waals surface area contributed by atoms with Gasteiger partial charge in [-0.25, -0.2) is 4.79 Å². The minimum atomic E-state index is -2.57. The summed E-state index contributed by atoms with van der Waals surface area (Å²) in [5, 5.41) is 19.8. The van der Waals surface area contributed by atoms with Gasteiger partial charge in [-0.1, -0.05) is 0 Å². The van der Waals surface area contributed by atoms with E-state index in [1.54, 1.807) is 0 Å². The van der Waals surface area contributed by atoms with Crippen LogP contribution in [0, 0.1) is 0 Å². The Balaban J connectivity index is 2.57. The van der Waals surface area contributed by atoms with E-state index in [1.165, 1.54) is 0 Å². The standard InChI is InChI=1S/C10H12O8/c1-8(2,14)10-16-5(11)3-9(15,7(13)18-10)4-6(12)17-10/h14-15H,3-4H2,1-2H3. The maximum Gasteiger partial charge on any atom is 0.453 e. The first-order chi connectivity index (χ1) is 8.08. The van der Waals surface area contributed by atoms with Gasteiger partial charge in [0.1, 0.15) is 0 Å². The average Bonchev–Trinajstić information content (AvgIpc) is 2.25. The van der Waals surface area contributed by atoms with E-state index in [9.17, 15) is 24.6 Å². The van der Waals surface area contributed by atoms with Crippen molar-refractivity contribution in [3.05, 3.63) is 0 Å². The highest BCUT2D eigenvalue weighted by Gasteiger charge is 2.64. The molecule has 0 unspecified atom stereocenters. The molecule has 2 bridgehead atoms. The SMILES string of the molecule is CC(C)(O)C12OC(=O)CC(O)(CC(=O)O1)C(=O)O2. The molecule has 100 valence electrons. The summed E-state index contributed by atoms with van der Waals surface area (Å²) < 4.78 is 14.1. The number of hydrogen-bond acceptors (Lipinski definition) is 8. The lowest BCUT2D eigenvalue weighted by molar-refractivity contribution is -0.381. The van der Waals surface area contributed by atoms with Crippen molar-refractivity contribution >= 4 is 17.9 Å². The Morgan fingerprint density at radius 1 is 1.06 bits per heavy atom. The second-order valence-electron chi connectivity index (χ2n) is 4.84. The zero-order chi connectivity index (χ0) is 13.8. The van der Waals surface area contributed by atoms with E-state index in [2.05, 4.69) is 0 Å². The molecule has 0 radical (unpaired) electrons. The van der Waals surface area contributed by atoms with Crippen LogP contribution in [0.5, 0.6) is 0 Å². The molecule has 18 heavy (non-hydrogen) atoms. The van der Waals surface area contributed by atoms with Gasteiger partial charge in [0.25, 0.3) is 0 Å². The zero-order valence-corrected chi connectivity index (χ0v) is 9.76. The molecular weight excluding hydrogens is 248 g/mol. The molecule has 0 spiro atoms. The maximum atomic E-state index is 11.7. The van der Waals surface area contributed by atoms with E-state index in [0.717, 1.165) is 13.8 Å². The first-order valence-corrected chi connectivity index (χ1v) is 5.20. The fraction of sp³-hybridized carbons (Fsp3) is 0.700. The smallest absolute Gasteiger partial charge is 0.386 e. The van der Waals surface area contributed by atoms with Gasteiger partial charge in [0, 0.05) is 0 Å². The Labute approximate surface area is 101 Å². The van der Waals surface area contributed by atoms with Crippen LogP contribution in [-0.4, -0.2) is 45.3 Å².